The van der Waals surface area contributed by atoms with Gasteiger partial charge in [-0.25, -0.2) is 5.43 Å². The Morgan fingerprint density at radius 3 is 1.62 bits per heavy atom. The van der Waals surface area contributed by atoms with Crippen LogP contribution in [0.1, 0.15) is 221 Å². The molecule has 3 atom stereocenters. The second-order valence-corrected chi connectivity index (χ2v) is 17.9. The van der Waals surface area contributed by atoms with Crippen LogP contribution in [0.4, 0.5) is 0 Å². The Labute approximate surface area is 417 Å². The van der Waals surface area contributed by atoms with Crippen molar-refractivity contribution in [3.05, 3.63) is 23.4 Å². The lowest BCUT2D eigenvalue weighted by Gasteiger charge is -2.41. The summed E-state index contributed by atoms with van der Waals surface area (Å²) < 4.78 is 0. The Morgan fingerprint density at radius 2 is 1.28 bits per heavy atom. The number of hydrazine groups is 1. The molecule has 0 saturated heterocycles. The van der Waals surface area contributed by atoms with Crippen LogP contribution in [0.2, 0.25) is 0 Å². The number of nitrogens with one attached hydrogen (secondary N) is 5. The quantitative estimate of drug-likeness (QED) is 0.0206. The lowest BCUT2D eigenvalue weighted by atomic mass is 9.84. The molecule has 0 aromatic rings. The van der Waals surface area contributed by atoms with Gasteiger partial charge in [0.2, 0.25) is 30.4 Å². The number of amides is 5. The van der Waals surface area contributed by atoms with E-state index < -0.39 is 29.1 Å². The monoisotopic (exact) mass is 966 g/mol. The summed E-state index contributed by atoms with van der Waals surface area (Å²) in [6.07, 6.45) is 17.1. The van der Waals surface area contributed by atoms with Crippen molar-refractivity contribution in [2.75, 3.05) is 26.2 Å². The molecule has 0 aliphatic heterocycles. The molecular weight excluding hydrogens is 859 g/mol. The van der Waals surface area contributed by atoms with Gasteiger partial charge in [0.15, 0.2) is 5.78 Å². The lowest BCUT2D eigenvalue weighted by molar-refractivity contribution is -0.142. The van der Waals surface area contributed by atoms with Crippen molar-refractivity contribution >= 4 is 42.1 Å². The van der Waals surface area contributed by atoms with Crippen LogP contribution in [0, 0.1) is 11.3 Å². The standard InChI is InChI=1S/C29H52N6O6.C10H17NO.C6H12.C3H8.3C2H6/c1-8-10-12-21(23(9-2)35(19-37)31-15-24(38)27(40)32-22-13-11-14-22)17-34(20(3)4)28(41)26(29(5,6)7)33-25(39)16-30-18-36;1-6-11-8(4)10(7(2)3)9(5)12;1-2-4-6-5-3-1;1-3-2;3*1-2/h18-23,26,31H,8-17H2,1-7H3,(H,30,36)(H,32,40)(H,33,39);11H,2,6H2,1,3-5H3;1-6H2;3H2,1-2H3;3*1-2H3/b;10-8+;;;;;/t21-,23-,26?;;;;;;/m0....../s1. The van der Waals surface area contributed by atoms with Crippen LogP contribution in [0.15, 0.2) is 23.4 Å². The molecule has 2 rings (SSSR count). The first kappa shape index (κ1) is 72.9. The highest BCUT2D eigenvalue weighted by atomic mass is 16.2. The van der Waals surface area contributed by atoms with Crippen LogP contribution in [-0.2, 0) is 33.6 Å². The van der Waals surface area contributed by atoms with E-state index in [0.717, 1.165) is 61.9 Å². The Kier molecular flexibility index (Phi) is 50.0. The van der Waals surface area contributed by atoms with Crippen molar-refractivity contribution in [1.82, 2.24) is 36.6 Å². The number of hydrogen-bond acceptors (Lipinski definition) is 9. The number of unbranched alkanes of at least 4 members (excludes halogenated alkanes) is 1. The maximum absolute atomic E-state index is 13.9. The second kappa shape index (κ2) is 46.6. The van der Waals surface area contributed by atoms with Crippen LogP contribution >= 0.6 is 0 Å². The minimum Gasteiger partial charge on any atom is -0.388 e. The maximum atomic E-state index is 13.9. The van der Waals surface area contributed by atoms with Gasteiger partial charge in [0, 0.05) is 36.4 Å². The minimum absolute atomic E-state index is 0.0398. The summed E-state index contributed by atoms with van der Waals surface area (Å²) in [7, 11) is 0. The highest BCUT2D eigenvalue weighted by Gasteiger charge is 2.38. The minimum atomic E-state index is -0.843. The van der Waals surface area contributed by atoms with E-state index in [0.29, 0.717) is 25.8 Å². The van der Waals surface area contributed by atoms with Gasteiger partial charge in [-0.05, 0) is 90.6 Å². The zero-order valence-electron chi connectivity index (χ0n) is 47.2. The molecule has 1 unspecified atom stereocenters. The SMILES string of the molecule is C1CCCCC1.C=C(C)/C(C(C)=O)=C(/C)NCC.CC.CC.CC.CCC.CCCC[C@@H](CN(C(=O)C(NC(=O)CNC=O)C(C)(C)C)C(C)C)[C@H](CC)N(C=O)NCC(=O)C(=O)NC1CCC1. The van der Waals surface area contributed by atoms with Gasteiger partial charge in [0.1, 0.15) is 6.04 Å². The molecule has 0 aromatic heterocycles. The second-order valence-electron chi connectivity index (χ2n) is 17.9. The molecule has 5 N–H and O–H groups in total. The van der Waals surface area contributed by atoms with Crippen LogP contribution in [-0.4, -0.2) is 102 Å². The van der Waals surface area contributed by atoms with Gasteiger partial charge in [-0.15, -0.1) is 0 Å². The fourth-order valence-electron chi connectivity index (χ4n) is 7.19. The zero-order valence-corrected chi connectivity index (χ0v) is 47.2. The molecule has 2 aliphatic carbocycles. The van der Waals surface area contributed by atoms with E-state index >= 15 is 0 Å². The van der Waals surface area contributed by atoms with Crippen molar-refractivity contribution in [2.45, 2.75) is 246 Å². The molecule has 2 aliphatic rings. The average molecular weight is 966 g/mol. The zero-order chi connectivity index (χ0) is 53.8. The third-order valence-electron chi connectivity index (χ3n) is 10.7. The molecule has 0 heterocycles. The number of carbonyl (C=O) groups is 7. The first-order valence-corrected chi connectivity index (χ1v) is 26.4. The molecular formula is C54H107N7O7. The molecule has 0 aromatic carbocycles. The average Bonchev–Trinajstić information content (AvgIpc) is 3.30. The topological polar surface area (TPSA) is 186 Å². The van der Waals surface area contributed by atoms with Crippen molar-refractivity contribution < 1.29 is 33.6 Å². The Balaban J connectivity index is -0.000000396. The Morgan fingerprint density at radius 1 is 0.779 bits per heavy atom. The van der Waals surface area contributed by atoms with Crippen molar-refractivity contribution in [3.8, 4) is 0 Å². The van der Waals surface area contributed by atoms with Gasteiger partial charge in [-0.1, -0.05) is 154 Å². The Hall–Kier alpha value is -4.07. The number of rotatable bonds is 24. The lowest BCUT2D eigenvalue weighted by Crippen LogP contribution is -2.59. The van der Waals surface area contributed by atoms with Gasteiger partial charge in [-0.3, -0.25) is 38.6 Å². The number of ketones is 2. The molecule has 14 nitrogen and oxygen atoms in total. The third kappa shape index (κ3) is 34.3. The van der Waals surface area contributed by atoms with E-state index in [1.54, 1.807) is 11.8 Å². The predicted octanol–water partition coefficient (Wildman–Crippen LogP) is 10.2. The van der Waals surface area contributed by atoms with Gasteiger partial charge in [0.05, 0.1) is 19.1 Å². The summed E-state index contributed by atoms with van der Waals surface area (Å²) in [5.74, 6) is -2.09. The van der Waals surface area contributed by atoms with Gasteiger partial charge < -0.3 is 26.2 Å². The van der Waals surface area contributed by atoms with Crippen LogP contribution in [0.25, 0.3) is 0 Å². The van der Waals surface area contributed by atoms with Crippen molar-refractivity contribution in [2.24, 2.45) is 11.3 Å². The smallest absolute Gasteiger partial charge is 0.289 e. The molecule has 14 heteroatoms. The summed E-state index contributed by atoms with van der Waals surface area (Å²) in [6.45, 7) is 41.3. The number of nitrogens with zero attached hydrogens (tertiary/aromatic N) is 2. The largest absolute Gasteiger partial charge is 0.388 e. The summed E-state index contributed by atoms with van der Waals surface area (Å²) >= 11 is 0. The molecule has 0 spiro atoms. The summed E-state index contributed by atoms with van der Waals surface area (Å²) in [4.78, 5) is 86.8. The number of carbonyl (C=O) groups excluding carboxylic acids is 7. The van der Waals surface area contributed by atoms with Crippen molar-refractivity contribution in [1.29, 1.82) is 0 Å². The molecule has 2 saturated carbocycles. The molecule has 0 bridgehead atoms. The van der Waals surface area contributed by atoms with Gasteiger partial charge >= 0.3 is 0 Å². The fourth-order valence-corrected chi connectivity index (χ4v) is 7.19. The van der Waals surface area contributed by atoms with E-state index in [-0.39, 0.29) is 48.8 Å². The summed E-state index contributed by atoms with van der Waals surface area (Å²) in [5.41, 5.74) is 4.69. The van der Waals surface area contributed by atoms with Crippen molar-refractivity contribution in [3.63, 3.8) is 0 Å². The molecule has 5 amide bonds. The van der Waals surface area contributed by atoms with E-state index in [1.807, 2.05) is 104 Å². The van der Waals surface area contributed by atoms with Crippen LogP contribution in [0.3, 0.4) is 0 Å². The predicted molar refractivity (Wildman–Crippen MR) is 286 cm³/mol. The van der Waals surface area contributed by atoms with Crippen LogP contribution in [0.5, 0.6) is 0 Å². The van der Waals surface area contributed by atoms with Gasteiger partial charge in [-0.2, -0.15) is 0 Å². The summed E-state index contributed by atoms with van der Waals surface area (Å²) in [5, 5.41) is 12.3. The molecule has 0 radical (unpaired) electrons. The van der Waals surface area contributed by atoms with Gasteiger partial charge in [0.25, 0.3) is 5.91 Å². The third-order valence-corrected chi connectivity index (χ3v) is 10.7. The highest BCUT2D eigenvalue weighted by Crippen LogP contribution is 2.26. The first-order valence-electron chi connectivity index (χ1n) is 26.4. The van der Waals surface area contributed by atoms with E-state index in [9.17, 15) is 33.6 Å². The summed E-state index contributed by atoms with van der Waals surface area (Å²) in [6, 6.07) is -1.36. The number of Topliss-reactive ketones (excluding diaryl/α,β-unsaturated/α-hetero) is 2. The first-order chi connectivity index (χ1) is 32.2. The normalized spacial score (nSPS) is 14.2. The molecule has 68 heavy (non-hydrogen) atoms. The number of allylic oxidation sites excluding steroid dienone is 3. The van der Waals surface area contributed by atoms with E-state index in [4.69, 9.17) is 0 Å². The number of hydrogen-bond donors (Lipinski definition) is 5. The fraction of sp³-hybridized carbons (Fsp3) is 0.796. The van der Waals surface area contributed by atoms with Crippen LogP contribution < -0.4 is 26.7 Å². The van der Waals surface area contributed by atoms with E-state index in [1.165, 1.54) is 50.0 Å². The van der Waals surface area contributed by atoms with E-state index in [2.05, 4.69) is 54.0 Å². The Bertz CT molecular complexity index is 1360. The highest BCUT2D eigenvalue weighted by molar-refractivity contribution is 6.37. The molecule has 2 fully saturated rings. The maximum Gasteiger partial charge on any atom is 0.289 e. The molecule has 400 valence electrons.